The summed E-state index contributed by atoms with van der Waals surface area (Å²) in [6, 6.07) is 12.7. The fraction of sp³-hybridized carbons (Fsp3) is 0.320. The largest absolute Gasteiger partial charge is 0.497 e. The van der Waals surface area contributed by atoms with Crippen molar-refractivity contribution in [3.8, 4) is 11.5 Å². The molecule has 172 valence electrons. The number of amides is 1. The van der Waals surface area contributed by atoms with Crippen LogP contribution in [0, 0.1) is 6.92 Å². The van der Waals surface area contributed by atoms with Crippen LogP contribution in [0.15, 0.2) is 47.3 Å². The van der Waals surface area contributed by atoms with Gasteiger partial charge in [-0.2, -0.15) is 5.10 Å². The molecular formula is C25H27N3O4S. The first-order chi connectivity index (χ1) is 16.0. The molecule has 2 heterocycles. The second-order valence-corrected chi connectivity index (χ2v) is 8.83. The third kappa shape index (κ3) is 4.30. The number of fused-ring (bicyclic) bond motifs is 3. The lowest BCUT2D eigenvalue weighted by molar-refractivity contribution is -0.124. The molecule has 1 N–H and O–H groups in total. The molecule has 0 saturated carbocycles. The van der Waals surface area contributed by atoms with E-state index in [4.69, 9.17) is 9.47 Å². The highest BCUT2D eigenvalue weighted by Gasteiger charge is 2.24. The normalized spacial score (nSPS) is 12.1. The van der Waals surface area contributed by atoms with Crippen molar-refractivity contribution < 1.29 is 14.3 Å². The summed E-state index contributed by atoms with van der Waals surface area (Å²) in [5.41, 5.74) is 1.45. The number of methoxy groups -OCH3 is 2. The van der Waals surface area contributed by atoms with E-state index in [0.29, 0.717) is 24.8 Å². The molecular weight excluding hydrogens is 438 g/mol. The van der Waals surface area contributed by atoms with Crippen molar-refractivity contribution in [1.82, 2.24) is 15.1 Å². The molecule has 0 aliphatic carbocycles. The summed E-state index contributed by atoms with van der Waals surface area (Å²) in [5, 5.41) is 9.02. The SMILES string of the molecule is CC[C@@H](C(=O)NCCc1cc(OC)ccc1OC)n1nc(C)c2sc3ccccc3c2c1=O. The lowest BCUT2D eigenvalue weighted by Gasteiger charge is -2.18. The average molecular weight is 466 g/mol. The highest BCUT2D eigenvalue weighted by molar-refractivity contribution is 7.26. The van der Waals surface area contributed by atoms with Crippen molar-refractivity contribution in [2.45, 2.75) is 32.7 Å². The lowest BCUT2D eigenvalue weighted by atomic mass is 10.1. The summed E-state index contributed by atoms with van der Waals surface area (Å²) in [6.07, 6.45) is 1.02. The predicted octanol–water partition coefficient (Wildman–Crippen LogP) is 4.25. The van der Waals surface area contributed by atoms with E-state index in [9.17, 15) is 9.59 Å². The van der Waals surface area contributed by atoms with Crippen molar-refractivity contribution in [3.05, 3.63) is 64.1 Å². The van der Waals surface area contributed by atoms with Crippen LogP contribution in [-0.4, -0.2) is 36.5 Å². The monoisotopic (exact) mass is 465 g/mol. The lowest BCUT2D eigenvalue weighted by Crippen LogP contribution is -2.39. The minimum absolute atomic E-state index is 0.229. The molecule has 7 nitrogen and oxygen atoms in total. The van der Waals surface area contributed by atoms with E-state index in [1.807, 2.05) is 56.3 Å². The average Bonchev–Trinajstić information content (AvgIpc) is 3.23. The Morgan fingerprint density at radius 1 is 1.18 bits per heavy atom. The quantitative estimate of drug-likeness (QED) is 0.421. The Morgan fingerprint density at radius 3 is 2.70 bits per heavy atom. The molecule has 8 heteroatoms. The van der Waals surface area contributed by atoms with Crippen LogP contribution in [0.25, 0.3) is 20.2 Å². The maximum absolute atomic E-state index is 13.4. The Hall–Kier alpha value is -3.39. The van der Waals surface area contributed by atoms with Crippen molar-refractivity contribution >= 4 is 37.4 Å². The van der Waals surface area contributed by atoms with Gasteiger partial charge in [0.05, 0.1) is 30.0 Å². The number of nitrogens with zero attached hydrogens (tertiary/aromatic N) is 2. The number of thiophene rings is 1. The molecule has 4 rings (SSSR count). The smallest absolute Gasteiger partial charge is 0.276 e. The molecule has 0 saturated heterocycles. The van der Waals surface area contributed by atoms with Gasteiger partial charge in [-0.3, -0.25) is 9.59 Å². The van der Waals surface area contributed by atoms with E-state index in [-0.39, 0.29) is 11.5 Å². The Labute approximate surface area is 195 Å². The van der Waals surface area contributed by atoms with E-state index in [0.717, 1.165) is 37.5 Å². The maximum atomic E-state index is 13.4. The minimum atomic E-state index is -0.688. The molecule has 0 aliphatic rings. The molecule has 0 radical (unpaired) electrons. The van der Waals surface area contributed by atoms with E-state index >= 15 is 0 Å². The number of nitrogens with one attached hydrogen (secondary N) is 1. The van der Waals surface area contributed by atoms with Crippen molar-refractivity contribution in [3.63, 3.8) is 0 Å². The number of rotatable bonds is 8. The van der Waals surface area contributed by atoms with E-state index in [2.05, 4.69) is 10.4 Å². The molecule has 0 fully saturated rings. The number of hydrogen-bond acceptors (Lipinski definition) is 6. The summed E-state index contributed by atoms with van der Waals surface area (Å²) < 4.78 is 14.0. The third-order valence-electron chi connectivity index (χ3n) is 5.77. The molecule has 2 aromatic carbocycles. The van der Waals surface area contributed by atoms with Crippen LogP contribution in [0.4, 0.5) is 0 Å². The van der Waals surface area contributed by atoms with Crippen LogP contribution in [0.5, 0.6) is 11.5 Å². The number of benzene rings is 2. The van der Waals surface area contributed by atoms with Crippen LogP contribution < -0.4 is 20.3 Å². The predicted molar refractivity (Wildman–Crippen MR) is 132 cm³/mol. The fourth-order valence-electron chi connectivity index (χ4n) is 4.08. The second kappa shape index (κ2) is 9.62. The van der Waals surface area contributed by atoms with Crippen LogP contribution >= 0.6 is 11.3 Å². The standard InChI is InChI=1S/C25H27N3O4S/c1-5-19(24(29)26-13-12-16-14-17(31-3)10-11-20(16)32-4)28-25(30)22-18-8-6-7-9-21(18)33-23(22)15(2)27-28/h6-11,14,19H,5,12-13H2,1-4H3,(H,26,29)/t19-/m0/s1. The van der Waals surface area contributed by atoms with Crippen molar-refractivity contribution in [2.24, 2.45) is 0 Å². The minimum Gasteiger partial charge on any atom is -0.497 e. The number of aryl methyl sites for hydroxylation is 1. The van der Waals surface area contributed by atoms with Gasteiger partial charge < -0.3 is 14.8 Å². The van der Waals surface area contributed by atoms with Crippen molar-refractivity contribution in [2.75, 3.05) is 20.8 Å². The highest BCUT2D eigenvalue weighted by Crippen LogP contribution is 2.33. The molecule has 1 atom stereocenters. The molecule has 2 aromatic heterocycles. The number of ether oxygens (including phenoxy) is 2. The van der Waals surface area contributed by atoms with Gasteiger partial charge in [-0.25, -0.2) is 4.68 Å². The first-order valence-corrected chi connectivity index (χ1v) is 11.7. The molecule has 0 bridgehead atoms. The number of hydrogen-bond donors (Lipinski definition) is 1. The Balaban J connectivity index is 1.59. The van der Waals surface area contributed by atoms with Crippen LogP contribution in [0.2, 0.25) is 0 Å². The summed E-state index contributed by atoms with van der Waals surface area (Å²) >= 11 is 1.56. The van der Waals surface area contributed by atoms with Gasteiger partial charge >= 0.3 is 0 Å². The van der Waals surface area contributed by atoms with Gasteiger partial charge in [0.25, 0.3) is 5.56 Å². The van der Waals surface area contributed by atoms with Gasteiger partial charge in [-0.05, 0) is 49.6 Å². The second-order valence-electron chi connectivity index (χ2n) is 7.78. The van der Waals surface area contributed by atoms with Gasteiger partial charge in [0, 0.05) is 16.6 Å². The summed E-state index contributed by atoms with van der Waals surface area (Å²) in [5.74, 6) is 1.23. The Bertz CT molecular complexity index is 1380. The molecule has 0 unspecified atom stereocenters. The Morgan fingerprint density at radius 2 is 1.97 bits per heavy atom. The molecule has 0 spiro atoms. The maximum Gasteiger partial charge on any atom is 0.276 e. The van der Waals surface area contributed by atoms with Gasteiger partial charge in [-0.15, -0.1) is 11.3 Å². The Kier molecular flexibility index (Phi) is 6.65. The van der Waals surface area contributed by atoms with E-state index in [1.54, 1.807) is 25.6 Å². The number of carbonyl (C=O) groups excluding carboxylic acids is 1. The fourth-order valence-corrected chi connectivity index (χ4v) is 5.21. The van der Waals surface area contributed by atoms with Crippen LogP contribution in [-0.2, 0) is 11.2 Å². The van der Waals surface area contributed by atoms with E-state index in [1.165, 1.54) is 4.68 Å². The van der Waals surface area contributed by atoms with Crippen LogP contribution in [0.3, 0.4) is 0 Å². The molecule has 33 heavy (non-hydrogen) atoms. The summed E-state index contributed by atoms with van der Waals surface area (Å²) in [4.78, 5) is 26.5. The summed E-state index contributed by atoms with van der Waals surface area (Å²) in [6.45, 7) is 4.16. The summed E-state index contributed by atoms with van der Waals surface area (Å²) in [7, 11) is 3.22. The van der Waals surface area contributed by atoms with E-state index < -0.39 is 6.04 Å². The van der Waals surface area contributed by atoms with Gasteiger partial charge in [-0.1, -0.05) is 25.1 Å². The van der Waals surface area contributed by atoms with Gasteiger partial charge in [0.2, 0.25) is 5.91 Å². The zero-order valence-electron chi connectivity index (χ0n) is 19.2. The first kappa shape index (κ1) is 22.8. The zero-order valence-corrected chi connectivity index (χ0v) is 20.0. The topological polar surface area (TPSA) is 82.4 Å². The van der Waals surface area contributed by atoms with Gasteiger partial charge in [0.15, 0.2) is 0 Å². The molecule has 1 amide bonds. The number of carbonyl (C=O) groups is 1. The third-order valence-corrected chi connectivity index (χ3v) is 7.05. The number of aromatic nitrogens is 2. The highest BCUT2D eigenvalue weighted by atomic mass is 32.1. The molecule has 4 aromatic rings. The first-order valence-electron chi connectivity index (χ1n) is 10.9. The molecule has 0 aliphatic heterocycles. The van der Waals surface area contributed by atoms with Crippen molar-refractivity contribution in [1.29, 1.82) is 0 Å². The van der Waals surface area contributed by atoms with Crippen LogP contribution in [0.1, 0.15) is 30.6 Å². The van der Waals surface area contributed by atoms with Gasteiger partial charge in [0.1, 0.15) is 17.5 Å². The zero-order chi connectivity index (χ0) is 23.5.